The van der Waals surface area contributed by atoms with Crippen molar-refractivity contribution in [2.24, 2.45) is 56.2 Å². The van der Waals surface area contributed by atoms with Gasteiger partial charge in [0.2, 0.25) is 0 Å². The smallest absolute Gasteiger partial charge is 0.320 e. The first-order valence-corrected chi connectivity index (χ1v) is 11.1. The summed E-state index contributed by atoms with van der Waals surface area (Å²) in [6, 6.07) is 0. The van der Waals surface area contributed by atoms with Crippen LogP contribution in [0.2, 0.25) is 0 Å². The van der Waals surface area contributed by atoms with Crippen LogP contribution in [0.4, 0.5) is 0 Å². The van der Waals surface area contributed by atoms with Crippen molar-refractivity contribution in [2.45, 2.75) is 68.2 Å². The Balaban J connectivity index is 1.70. The fraction of sp³-hybridized carbons (Fsp3) is 0.833. The van der Waals surface area contributed by atoms with Crippen LogP contribution < -0.4 is 0 Å². The minimum absolute atomic E-state index is 0.180. The third kappa shape index (κ3) is 1.91. The molecule has 0 heterocycles. The van der Waals surface area contributed by atoms with Gasteiger partial charge in [-0.1, -0.05) is 41.5 Å². The zero-order chi connectivity index (χ0) is 23.7. The van der Waals surface area contributed by atoms with Gasteiger partial charge >= 0.3 is 23.9 Å². The summed E-state index contributed by atoms with van der Waals surface area (Å²) < 4.78 is 5.49. The molecular weight excluding hydrogens is 400 g/mol. The highest BCUT2D eigenvalue weighted by molar-refractivity contribution is 5.98. The molecule has 31 heavy (non-hydrogen) atoms. The van der Waals surface area contributed by atoms with Crippen LogP contribution in [0.5, 0.6) is 0 Å². The van der Waals surface area contributed by atoms with Crippen molar-refractivity contribution in [3.05, 3.63) is 0 Å². The van der Waals surface area contributed by atoms with Gasteiger partial charge in [-0.25, -0.2) is 0 Å². The number of ether oxygens (including phenoxy) is 1. The zero-order valence-corrected chi connectivity index (χ0v) is 19.7. The Morgan fingerprint density at radius 1 is 0.645 bits per heavy atom. The van der Waals surface area contributed by atoms with Crippen molar-refractivity contribution in [3.8, 4) is 0 Å². The van der Waals surface area contributed by atoms with Crippen LogP contribution >= 0.6 is 0 Å². The molecule has 0 aromatic heterocycles. The molecule has 8 atom stereocenters. The monoisotopic (exact) mass is 434 g/mol. The topological polar surface area (TPSA) is 118 Å². The molecule has 6 aliphatic rings. The number of carbonyl (C=O) groups excluding carboxylic acids is 2. The van der Waals surface area contributed by atoms with Gasteiger partial charge in [-0.15, -0.1) is 0 Å². The number of fused-ring (bicyclic) bond motifs is 2. The van der Waals surface area contributed by atoms with E-state index in [-0.39, 0.29) is 22.7 Å². The van der Waals surface area contributed by atoms with E-state index in [0.717, 1.165) is 0 Å². The molecule has 6 saturated carbocycles. The largest absolute Gasteiger partial charge is 0.481 e. The minimum Gasteiger partial charge on any atom is -0.481 e. The van der Waals surface area contributed by atoms with Gasteiger partial charge < -0.3 is 14.9 Å². The van der Waals surface area contributed by atoms with Crippen LogP contribution in [0.25, 0.3) is 0 Å². The van der Waals surface area contributed by atoms with E-state index in [2.05, 4.69) is 0 Å². The molecule has 8 unspecified atom stereocenters. The minimum atomic E-state index is -1.37. The fourth-order valence-corrected chi connectivity index (χ4v) is 8.63. The lowest BCUT2D eigenvalue weighted by molar-refractivity contribution is -0.191. The number of aliphatic carboxylic acids is 2. The van der Waals surface area contributed by atoms with E-state index >= 15 is 0 Å². The number of rotatable bonds is 4. The van der Waals surface area contributed by atoms with Crippen LogP contribution in [0.15, 0.2) is 0 Å². The highest BCUT2D eigenvalue weighted by Gasteiger charge is 2.83. The molecule has 2 N–H and O–H groups in total. The summed E-state index contributed by atoms with van der Waals surface area (Å²) in [7, 11) is 0. The van der Waals surface area contributed by atoms with Crippen LogP contribution in [-0.4, -0.2) is 34.1 Å². The summed E-state index contributed by atoms with van der Waals surface area (Å²) in [5, 5.41) is 19.9. The second-order valence-corrected chi connectivity index (χ2v) is 12.4. The number of hydrogen-bond acceptors (Lipinski definition) is 5. The van der Waals surface area contributed by atoms with Gasteiger partial charge in [0.1, 0.15) is 0 Å². The molecule has 172 valence electrons. The Hall–Kier alpha value is -1.92. The average molecular weight is 435 g/mol. The first-order chi connectivity index (χ1) is 13.9. The van der Waals surface area contributed by atoms with E-state index in [1.807, 2.05) is 41.5 Å². The lowest BCUT2D eigenvalue weighted by Gasteiger charge is -2.57. The average Bonchev–Trinajstić information content (AvgIpc) is 3.16. The van der Waals surface area contributed by atoms with Crippen LogP contribution in [-0.2, 0) is 23.9 Å². The molecule has 0 aliphatic heterocycles. The number of carboxylic acid groups (broad SMARTS) is 2. The zero-order valence-electron chi connectivity index (χ0n) is 19.7. The van der Waals surface area contributed by atoms with E-state index in [0.29, 0.717) is 12.8 Å². The molecule has 0 radical (unpaired) electrons. The third-order valence-corrected chi connectivity index (χ3v) is 11.9. The lowest BCUT2D eigenvalue weighted by atomic mass is 9.47. The maximum atomic E-state index is 13.5. The summed E-state index contributed by atoms with van der Waals surface area (Å²) in [6.07, 6.45) is 1.16. The normalized spacial score (nSPS) is 50.2. The Morgan fingerprint density at radius 2 is 0.935 bits per heavy atom. The van der Waals surface area contributed by atoms with Crippen molar-refractivity contribution >= 4 is 23.9 Å². The number of carbonyl (C=O) groups is 4. The second-order valence-electron chi connectivity index (χ2n) is 12.4. The Bertz CT molecular complexity index is 860. The molecular formula is C24H34O7. The Labute approximate surface area is 182 Å². The second kappa shape index (κ2) is 5.52. The van der Waals surface area contributed by atoms with Gasteiger partial charge in [0.25, 0.3) is 0 Å². The number of carboxylic acids is 2. The lowest BCUT2D eigenvalue weighted by Crippen LogP contribution is -2.56. The molecule has 6 fully saturated rings. The van der Waals surface area contributed by atoms with Crippen LogP contribution in [0.3, 0.4) is 0 Å². The van der Waals surface area contributed by atoms with Gasteiger partial charge in [-0.2, -0.15) is 0 Å². The quantitative estimate of drug-likeness (QED) is 0.513. The molecule has 4 bridgehead atoms. The first kappa shape index (κ1) is 22.3. The van der Waals surface area contributed by atoms with E-state index in [1.165, 1.54) is 0 Å². The van der Waals surface area contributed by atoms with Crippen molar-refractivity contribution in [1.82, 2.24) is 0 Å². The molecule has 0 spiro atoms. The maximum absolute atomic E-state index is 13.5. The molecule has 0 amide bonds. The number of hydrogen-bond donors (Lipinski definition) is 2. The van der Waals surface area contributed by atoms with Crippen molar-refractivity contribution in [3.63, 3.8) is 0 Å². The van der Waals surface area contributed by atoms with E-state index in [9.17, 15) is 29.4 Å². The standard InChI is InChI=1S/C24H34O7/c1-19(2)11-9-21(19,5)23(7,13(11)15(25)26)17(29)31-18(30)24(8)14(16(27)28)12-10-22(24,6)20(12,3)4/h11-14H,9-10H2,1-8H3,(H,25,26)(H,27,28). The van der Waals surface area contributed by atoms with E-state index in [4.69, 9.17) is 4.74 Å². The summed E-state index contributed by atoms with van der Waals surface area (Å²) >= 11 is 0. The maximum Gasteiger partial charge on any atom is 0.320 e. The predicted molar refractivity (Wildman–Crippen MR) is 110 cm³/mol. The van der Waals surface area contributed by atoms with E-state index in [1.54, 1.807) is 13.8 Å². The fourth-order valence-electron chi connectivity index (χ4n) is 8.63. The molecule has 6 aliphatic carbocycles. The molecule has 7 heteroatoms. The summed E-state index contributed by atoms with van der Waals surface area (Å²) in [5.74, 6) is -6.04. The van der Waals surface area contributed by atoms with Crippen molar-refractivity contribution in [1.29, 1.82) is 0 Å². The highest BCUT2D eigenvalue weighted by Crippen LogP contribution is 2.82. The molecule has 0 saturated heterocycles. The summed E-state index contributed by atoms with van der Waals surface area (Å²) in [4.78, 5) is 51.4. The van der Waals surface area contributed by atoms with Gasteiger partial charge in [0, 0.05) is 0 Å². The van der Waals surface area contributed by atoms with Gasteiger partial charge in [-0.05, 0) is 60.2 Å². The van der Waals surface area contributed by atoms with Gasteiger partial charge in [0.15, 0.2) is 0 Å². The molecule has 0 aromatic rings. The van der Waals surface area contributed by atoms with Crippen LogP contribution in [0.1, 0.15) is 68.2 Å². The van der Waals surface area contributed by atoms with Gasteiger partial charge in [-0.3, -0.25) is 19.2 Å². The van der Waals surface area contributed by atoms with Crippen LogP contribution in [0, 0.1) is 56.2 Å². The van der Waals surface area contributed by atoms with Crippen molar-refractivity contribution in [2.75, 3.05) is 0 Å². The summed E-state index contributed by atoms with van der Waals surface area (Å²) in [6.45, 7) is 14.9. The summed E-state index contributed by atoms with van der Waals surface area (Å²) in [5.41, 5.74) is -4.75. The highest BCUT2D eigenvalue weighted by atomic mass is 16.6. The molecule has 7 nitrogen and oxygen atoms in total. The first-order valence-electron chi connectivity index (χ1n) is 11.1. The third-order valence-electron chi connectivity index (χ3n) is 11.9. The Morgan fingerprint density at radius 3 is 1.16 bits per heavy atom. The van der Waals surface area contributed by atoms with Gasteiger partial charge in [0.05, 0.1) is 22.7 Å². The molecule has 0 aromatic carbocycles. The predicted octanol–water partition coefficient (Wildman–Crippen LogP) is 3.60. The molecule has 6 rings (SSSR count). The van der Waals surface area contributed by atoms with E-state index < -0.39 is 57.4 Å². The Kier molecular flexibility index (Phi) is 3.97. The SMILES string of the molecule is CC1(C)C2CC1(C)C(C)(C(=O)OC(=O)C1(C)C(C(=O)O)C3CC1(C)C3(C)C)C2C(=O)O. The number of esters is 2. The van der Waals surface area contributed by atoms with Crippen molar-refractivity contribution < 1.29 is 34.1 Å².